The van der Waals surface area contributed by atoms with Crippen LogP contribution in [0.2, 0.25) is 0 Å². The number of rotatable bonds is 2. The molecule has 1 aromatic rings. The minimum atomic E-state index is 0.864. The quantitative estimate of drug-likeness (QED) is 0.678. The zero-order valence-corrected chi connectivity index (χ0v) is 6.80. The van der Waals surface area contributed by atoms with E-state index in [1.807, 2.05) is 7.05 Å². The van der Waals surface area contributed by atoms with Crippen molar-refractivity contribution in [1.29, 1.82) is 0 Å². The Balaban J connectivity index is 2.26. The molecule has 0 unspecified atom stereocenters. The molecule has 0 heterocycles. The van der Waals surface area contributed by atoms with Gasteiger partial charge in [0.15, 0.2) is 0 Å². The molecule has 1 saturated carbocycles. The summed E-state index contributed by atoms with van der Waals surface area (Å²) in [6.07, 6.45) is 2.76. The molecule has 0 radical (unpaired) electrons. The minimum absolute atomic E-state index is 0.864. The highest BCUT2D eigenvalue weighted by atomic mass is 14.8. The lowest BCUT2D eigenvalue weighted by atomic mass is 10.1. The van der Waals surface area contributed by atoms with Crippen molar-refractivity contribution in [2.75, 3.05) is 12.4 Å². The third kappa shape index (κ3) is 1.37. The van der Waals surface area contributed by atoms with E-state index >= 15 is 0 Å². The van der Waals surface area contributed by atoms with Gasteiger partial charge in [-0.25, -0.2) is 0 Å². The third-order valence-corrected chi connectivity index (χ3v) is 2.22. The zero-order valence-electron chi connectivity index (χ0n) is 6.80. The largest absolute Gasteiger partial charge is 0.388 e. The third-order valence-electron chi connectivity index (χ3n) is 2.22. The van der Waals surface area contributed by atoms with Crippen molar-refractivity contribution in [3.8, 4) is 0 Å². The molecule has 2 rings (SSSR count). The average molecular weight is 147 g/mol. The molecule has 1 aliphatic carbocycles. The molecule has 1 aliphatic rings. The van der Waals surface area contributed by atoms with Crippen molar-refractivity contribution in [2.45, 2.75) is 18.8 Å². The molecule has 1 heteroatoms. The number of nitrogens with one attached hydrogen (secondary N) is 1. The predicted octanol–water partition coefficient (Wildman–Crippen LogP) is 2.61. The zero-order chi connectivity index (χ0) is 7.68. The summed E-state index contributed by atoms with van der Waals surface area (Å²) in [6, 6.07) is 8.70. The molecule has 0 amide bonds. The van der Waals surface area contributed by atoms with Crippen molar-refractivity contribution in [3.05, 3.63) is 29.8 Å². The Bertz CT molecular complexity index is 251. The van der Waals surface area contributed by atoms with Crippen molar-refractivity contribution in [3.63, 3.8) is 0 Å². The summed E-state index contributed by atoms with van der Waals surface area (Å²) in [5.74, 6) is 0.864. The van der Waals surface area contributed by atoms with E-state index in [0.717, 1.165) is 5.92 Å². The van der Waals surface area contributed by atoms with E-state index in [9.17, 15) is 0 Å². The summed E-state index contributed by atoms with van der Waals surface area (Å²) < 4.78 is 0. The van der Waals surface area contributed by atoms with Crippen LogP contribution in [-0.2, 0) is 0 Å². The number of benzene rings is 1. The van der Waals surface area contributed by atoms with Gasteiger partial charge in [-0.3, -0.25) is 0 Å². The molecule has 0 aromatic heterocycles. The van der Waals surface area contributed by atoms with Crippen molar-refractivity contribution >= 4 is 5.69 Å². The van der Waals surface area contributed by atoms with E-state index in [-0.39, 0.29) is 0 Å². The molecule has 0 aliphatic heterocycles. The minimum Gasteiger partial charge on any atom is -0.388 e. The number of hydrogen-bond donors (Lipinski definition) is 1. The van der Waals surface area contributed by atoms with Gasteiger partial charge in [-0.15, -0.1) is 0 Å². The maximum absolute atomic E-state index is 3.15. The molecule has 0 bridgehead atoms. The normalized spacial score (nSPS) is 16.5. The van der Waals surface area contributed by atoms with Crippen LogP contribution >= 0.6 is 0 Å². The highest BCUT2D eigenvalue weighted by Crippen LogP contribution is 2.40. The van der Waals surface area contributed by atoms with E-state index < -0.39 is 0 Å². The second-order valence-electron chi connectivity index (χ2n) is 3.15. The smallest absolute Gasteiger partial charge is 0.0340 e. The van der Waals surface area contributed by atoms with Crippen LogP contribution in [0.3, 0.4) is 0 Å². The molecule has 0 atom stereocenters. The fourth-order valence-corrected chi connectivity index (χ4v) is 1.36. The van der Waals surface area contributed by atoms with E-state index in [1.165, 1.54) is 24.1 Å². The first-order chi connectivity index (χ1) is 5.40. The van der Waals surface area contributed by atoms with Gasteiger partial charge in [0.1, 0.15) is 0 Å². The first-order valence-corrected chi connectivity index (χ1v) is 4.18. The molecule has 0 spiro atoms. The van der Waals surface area contributed by atoms with Crippen LogP contribution in [0.15, 0.2) is 24.3 Å². The first-order valence-electron chi connectivity index (χ1n) is 4.18. The van der Waals surface area contributed by atoms with E-state index in [0.29, 0.717) is 0 Å². The van der Waals surface area contributed by atoms with Gasteiger partial charge in [-0.05, 0) is 36.5 Å². The van der Waals surface area contributed by atoms with E-state index in [1.54, 1.807) is 0 Å². The van der Waals surface area contributed by atoms with Gasteiger partial charge in [0.2, 0.25) is 0 Å². The lowest BCUT2D eigenvalue weighted by Crippen LogP contribution is -1.88. The number of hydrogen-bond acceptors (Lipinski definition) is 1. The maximum atomic E-state index is 3.15. The number of anilines is 1. The van der Waals surface area contributed by atoms with Gasteiger partial charge < -0.3 is 5.32 Å². The van der Waals surface area contributed by atoms with E-state index in [4.69, 9.17) is 0 Å². The Morgan fingerprint density at radius 2 is 2.18 bits per heavy atom. The standard InChI is InChI=1S/C10H13N/c1-11-10-4-2-3-9(7-10)8-5-6-8/h2-4,7-8,11H,5-6H2,1H3. The Hall–Kier alpha value is -0.980. The van der Waals surface area contributed by atoms with Crippen LogP contribution in [0.25, 0.3) is 0 Å². The van der Waals surface area contributed by atoms with Gasteiger partial charge in [-0.2, -0.15) is 0 Å². The van der Waals surface area contributed by atoms with Gasteiger partial charge in [0.25, 0.3) is 0 Å². The molecule has 1 nitrogen and oxygen atoms in total. The fourth-order valence-electron chi connectivity index (χ4n) is 1.36. The Labute approximate surface area is 67.4 Å². The summed E-state index contributed by atoms with van der Waals surface area (Å²) in [5.41, 5.74) is 2.73. The Morgan fingerprint density at radius 3 is 2.82 bits per heavy atom. The Kier molecular flexibility index (Phi) is 1.57. The maximum Gasteiger partial charge on any atom is 0.0340 e. The summed E-state index contributed by atoms with van der Waals surface area (Å²) >= 11 is 0. The molecular formula is C10H13N. The molecule has 11 heavy (non-hydrogen) atoms. The Morgan fingerprint density at radius 1 is 1.36 bits per heavy atom. The predicted molar refractivity (Wildman–Crippen MR) is 48.0 cm³/mol. The van der Waals surface area contributed by atoms with Crippen LogP contribution in [0.5, 0.6) is 0 Å². The monoisotopic (exact) mass is 147 g/mol. The summed E-state index contributed by atoms with van der Waals surface area (Å²) in [7, 11) is 1.96. The second kappa shape index (κ2) is 2.57. The molecule has 58 valence electrons. The molecule has 1 aromatic carbocycles. The van der Waals surface area contributed by atoms with Crippen molar-refractivity contribution in [2.24, 2.45) is 0 Å². The van der Waals surface area contributed by atoms with Gasteiger partial charge in [-0.1, -0.05) is 12.1 Å². The molecule has 1 fully saturated rings. The first kappa shape index (κ1) is 6.71. The van der Waals surface area contributed by atoms with Gasteiger partial charge in [0.05, 0.1) is 0 Å². The highest BCUT2D eigenvalue weighted by Gasteiger charge is 2.23. The van der Waals surface area contributed by atoms with Crippen LogP contribution in [0, 0.1) is 0 Å². The second-order valence-corrected chi connectivity index (χ2v) is 3.15. The lowest BCUT2D eigenvalue weighted by Gasteiger charge is -2.01. The van der Waals surface area contributed by atoms with Gasteiger partial charge in [0, 0.05) is 12.7 Å². The molecule has 1 N–H and O–H groups in total. The lowest BCUT2D eigenvalue weighted by molar-refractivity contribution is 1.13. The van der Waals surface area contributed by atoms with Crippen LogP contribution < -0.4 is 5.32 Å². The van der Waals surface area contributed by atoms with Crippen LogP contribution in [0.1, 0.15) is 24.3 Å². The summed E-state index contributed by atoms with van der Waals surface area (Å²) in [5, 5.41) is 3.15. The summed E-state index contributed by atoms with van der Waals surface area (Å²) in [4.78, 5) is 0. The van der Waals surface area contributed by atoms with Crippen molar-refractivity contribution in [1.82, 2.24) is 0 Å². The fraction of sp³-hybridized carbons (Fsp3) is 0.400. The van der Waals surface area contributed by atoms with Crippen LogP contribution in [0.4, 0.5) is 5.69 Å². The highest BCUT2D eigenvalue weighted by molar-refractivity contribution is 5.46. The summed E-state index contributed by atoms with van der Waals surface area (Å²) in [6.45, 7) is 0. The SMILES string of the molecule is CNc1cccc(C2CC2)c1. The van der Waals surface area contributed by atoms with Crippen molar-refractivity contribution < 1.29 is 0 Å². The topological polar surface area (TPSA) is 12.0 Å². The van der Waals surface area contributed by atoms with Gasteiger partial charge >= 0.3 is 0 Å². The van der Waals surface area contributed by atoms with E-state index in [2.05, 4.69) is 29.6 Å². The molecular weight excluding hydrogens is 134 g/mol. The molecule has 0 saturated heterocycles. The average Bonchev–Trinajstić information content (AvgIpc) is 2.87. The van der Waals surface area contributed by atoms with Crippen LogP contribution in [-0.4, -0.2) is 7.05 Å².